The van der Waals surface area contributed by atoms with Crippen LogP contribution in [0.25, 0.3) is 0 Å². The molecule has 3 rings (SSSR count). The molecule has 0 amide bonds. The first-order chi connectivity index (χ1) is 11.0. The van der Waals surface area contributed by atoms with E-state index in [2.05, 4.69) is 0 Å². The van der Waals surface area contributed by atoms with Crippen LogP contribution in [0, 0.1) is 6.92 Å². The van der Waals surface area contributed by atoms with Crippen LogP contribution in [0.15, 0.2) is 24.3 Å². The first kappa shape index (κ1) is 15.1. The van der Waals surface area contributed by atoms with Crippen LogP contribution in [0.3, 0.4) is 0 Å². The second kappa shape index (κ2) is 5.43. The van der Waals surface area contributed by atoms with Crippen molar-refractivity contribution in [3.8, 4) is 17.2 Å². The predicted octanol–water partition coefficient (Wildman–Crippen LogP) is 2.80. The van der Waals surface area contributed by atoms with E-state index in [1.165, 1.54) is 21.3 Å². The Morgan fingerprint density at radius 3 is 1.74 bits per heavy atom. The number of hydrogen-bond acceptors (Lipinski definition) is 5. The van der Waals surface area contributed by atoms with Crippen molar-refractivity contribution < 1.29 is 23.8 Å². The Morgan fingerprint density at radius 1 is 0.696 bits per heavy atom. The molecule has 2 aromatic rings. The first-order valence-corrected chi connectivity index (χ1v) is 7.06. The number of carbonyl (C=O) groups excluding carboxylic acids is 2. The summed E-state index contributed by atoms with van der Waals surface area (Å²) in [5, 5.41) is 0. The van der Waals surface area contributed by atoms with Gasteiger partial charge in [0.15, 0.2) is 5.78 Å². The number of fused-ring (bicyclic) bond motifs is 2. The number of ether oxygens (including phenoxy) is 3. The summed E-state index contributed by atoms with van der Waals surface area (Å²) < 4.78 is 15.9. The molecule has 0 aliphatic heterocycles. The quantitative estimate of drug-likeness (QED) is 0.744. The Kier molecular flexibility index (Phi) is 3.56. The van der Waals surface area contributed by atoms with E-state index in [0.717, 1.165) is 5.56 Å². The minimum absolute atomic E-state index is 0.214. The molecule has 5 nitrogen and oxygen atoms in total. The summed E-state index contributed by atoms with van der Waals surface area (Å²) in [6, 6.07) is 6.68. The lowest BCUT2D eigenvalue weighted by Gasteiger charge is -2.23. The lowest BCUT2D eigenvalue weighted by molar-refractivity contribution is 0.0971. The van der Waals surface area contributed by atoms with Gasteiger partial charge in [-0.1, -0.05) is 0 Å². The fourth-order valence-corrected chi connectivity index (χ4v) is 2.94. The molecule has 0 aromatic heterocycles. The normalized spacial score (nSPS) is 12.5. The summed E-state index contributed by atoms with van der Waals surface area (Å²) in [6.45, 7) is 1.85. The molecule has 0 N–H and O–H groups in total. The van der Waals surface area contributed by atoms with Crippen LogP contribution in [0.2, 0.25) is 0 Å². The highest BCUT2D eigenvalue weighted by molar-refractivity contribution is 6.31. The summed E-state index contributed by atoms with van der Waals surface area (Å²) in [5.74, 6) is 0.501. The highest BCUT2D eigenvalue weighted by atomic mass is 16.5. The molecule has 2 aromatic carbocycles. The molecule has 0 spiro atoms. The number of methoxy groups -OCH3 is 3. The summed E-state index contributed by atoms with van der Waals surface area (Å²) in [6.07, 6.45) is 0. The molecule has 0 heterocycles. The zero-order valence-corrected chi connectivity index (χ0v) is 13.4. The molecule has 0 atom stereocenters. The van der Waals surface area contributed by atoms with Gasteiger partial charge in [0.05, 0.1) is 38.0 Å². The largest absolute Gasteiger partial charge is 0.496 e. The smallest absolute Gasteiger partial charge is 0.202 e. The third-order valence-corrected chi connectivity index (χ3v) is 3.96. The Hall–Kier alpha value is -2.82. The molecule has 118 valence electrons. The number of rotatable bonds is 3. The van der Waals surface area contributed by atoms with Gasteiger partial charge in [0.25, 0.3) is 0 Å². The molecule has 1 aliphatic rings. The van der Waals surface area contributed by atoms with Crippen LogP contribution < -0.4 is 14.2 Å². The van der Waals surface area contributed by atoms with Crippen LogP contribution in [-0.4, -0.2) is 32.9 Å². The summed E-state index contributed by atoms with van der Waals surface area (Å²) in [5.41, 5.74) is 1.88. The lowest BCUT2D eigenvalue weighted by atomic mass is 9.82. The van der Waals surface area contributed by atoms with E-state index in [4.69, 9.17) is 14.2 Å². The van der Waals surface area contributed by atoms with Crippen molar-refractivity contribution in [3.05, 3.63) is 52.1 Å². The molecular weight excluding hydrogens is 296 g/mol. The van der Waals surface area contributed by atoms with Crippen LogP contribution in [-0.2, 0) is 0 Å². The fourth-order valence-electron chi connectivity index (χ4n) is 2.94. The number of benzene rings is 2. The van der Waals surface area contributed by atoms with Crippen LogP contribution >= 0.6 is 0 Å². The van der Waals surface area contributed by atoms with Crippen LogP contribution in [0.5, 0.6) is 17.2 Å². The lowest BCUT2D eigenvalue weighted by Crippen LogP contribution is -2.23. The highest BCUT2D eigenvalue weighted by Gasteiger charge is 2.37. The van der Waals surface area contributed by atoms with E-state index in [1.807, 2.05) is 6.92 Å². The Morgan fingerprint density at radius 2 is 1.22 bits per heavy atom. The average molecular weight is 312 g/mol. The van der Waals surface area contributed by atoms with Crippen LogP contribution in [0.1, 0.15) is 37.4 Å². The third kappa shape index (κ3) is 2.08. The Bertz CT molecular complexity index is 836. The Balaban J connectivity index is 2.40. The van der Waals surface area contributed by atoms with Gasteiger partial charge in [-0.05, 0) is 36.8 Å². The van der Waals surface area contributed by atoms with Gasteiger partial charge >= 0.3 is 0 Å². The molecule has 0 saturated heterocycles. The maximum absolute atomic E-state index is 13.0. The van der Waals surface area contributed by atoms with E-state index in [0.29, 0.717) is 22.8 Å². The second-order valence-electron chi connectivity index (χ2n) is 5.27. The van der Waals surface area contributed by atoms with E-state index in [-0.39, 0.29) is 28.3 Å². The Labute approximate surface area is 133 Å². The van der Waals surface area contributed by atoms with Crippen molar-refractivity contribution in [2.45, 2.75) is 6.92 Å². The minimum atomic E-state index is -0.304. The van der Waals surface area contributed by atoms with E-state index in [9.17, 15) is 9.59 Å². The highest BCUT2D eigenvalue weighted by Crippen LogP contribution is 2.41. The zero-order chi connectivity index (χ0) is 16.7. The molecule has 0 bridgehead atoms. The van der Waals surface area contributed by atoms with E-state index >= 15 is 0 Å². The fraction of sp³-hybridized carbons (Fsp3) is 0.222. The standard InChI is InChI=1S/C18H16O5/c1-9-7-10-14(13(8-9)23-4)18(20)16-12(22-3)6-5-11(21-2)15(16)17(10)19/h5-8H,1-4H3. The third-order valence-electron chi connectivity index (χ3n) is 3.96. The summed E-state index contributed by atoms with van der Waals surface area (Å²) in [7, 11) is 4.40. The first-order valence-electron chi connectivity index (χ1n) is 7.06. The maximum atomic E-state index is 13.0. The van der Waals surface area contributed by atoms with Crippen molar-refractivity contribution >= 4 is 11.6 Å². The molecule has 23 heavy (non-hydrogen) atoms. The van der Waals surface area contributed by atoms with Gasteiger partial charge < -0.3 is 14.2 Å². The van der Waals surface area contributed by atoms with Gasteiger partial charge in [0.1, 0.15) is 17.2 Å². The molecule has 5 heteroatoms. The topological polar surface area (TPSA) is 61.8 Å². The van der Waals surface area contributed by atoms with Crippen molar-refractivity contribution in [1.29, 1.82) is 0 Å². The molecule has 0 radical (unpaired) electrons. The van der Waals surface area contributed by atoms with Gasteiger partial charge in [-0.3, -0.25) is 9.59 Å². The number of aryl methyl sites for hydroxylation is 1. The second-order valence-corrected chi connectivity index (χ2v) is 5.27. The number of hydrogen-bond donors (Lipinski definition) is 0. The van der Waals surface area contributed by atoms with Crippen molar-refractivity contribution in [1.82, 2.24) is 0 Å². The van der Waals surface area contributed by atoms with Gasteiger partial charge in [-0.2, -0.15) is 0 Å². The predicted molar refractivity (Wildman–Crippen MR) is 84.1 cm³/mol. The molecular formula is C18H16O5. The van der Waals surface area contributed by atoms with Gasteiger partial charge in [-0.15, -0.1) is 0 Å². The average Bonchev–Trinajstić information content (AvgIpc) is 2.57. The molecule has 1 aliphatic carbocycles. The maximum Gasteiger partial charge on any atom is 0.202 e. The molecule has 0 unspecified atom stereocenters. The van der Waals surface area contributed by atoms with Crippen molar-refractivity contribution in [3.63, 3.8) is 0 Å². The minimum Gasteiger partial charge on any atom is -0.496 e. The van der Waals surface area contributed by atoms with E-state index < -0.39 is 0 Å². The van der Waals surface area contributed by atoms with Gasteiger partial charge in [-0.25, -0.2) is 0 Å². The van der Waals surface area contributed by atoms with Crippen molar-refractivity contribution in [2.75, 3.05) is 21.3 Å². The van der Waals surface area contributed by atoms with Crippen LogP contribution in [0.4, 0.5) is 0 Å². The molecule has 0 fully saturated rings. The summed E-state index contributed by atoms with van der Waals surface area (Å²) >= 11 is 0. The molecule has 0 saturated carbocycles. The number of carbonyl (C=O) groups is 2. The SMILES string of the molecule is COc1cc(C)cc2c1C(=O)c1c(OC)ccc(OC)c1C2=O. The van der Waals surface area contributed by atoms with Gasteiger partial charge in [0.2, 0.25) is 5.78 Å². The monoisotopic (exact) mass is 312 g/mol. The zero-order valence-electron chi connectivity index (χ0n) is 13.4. The summed E-state index contributed by atoms with van der Waals surface area (Å²) in [4.78, 5) is 26.0. The van der Waals surface area contributed by atoms with Crippen molar-refractivity contribution in [2.24, 2.45) is 0 Å². The van der Waals surface area contributed by atoms with Gasteiger partial charge in [0, 0.05) is 5.56 Å². The van der Waals surface area contributed by atoms with E-state index in [1.54, 1.807) is 24.3 Å². The number of ketones is 2.